The molecule has 4 rings (SSSR count). The summed E-state index contributed by atoms with van der Waals surface area (Å²) >= 11 is 0. The molecular formula is C21H29N5O7. The average Bonchev–Trinajstić information content (AvgIpc) is 3.42. The number of carbonyl (C=O) groups is 2. The van der Waals surface area contributed by atoms with Crippen LogP contribution in [0.3, 0.4) is 0 Å². The van der Waals surface area contributed by atoms with Gasteiger partial charge in [-0.1, -0.05) is 6.92 Å². The van der Waals surface area contributed by atoms with Gasteiger partial charge < -0.3 is 24.7 Å². The summed E-state index contributed by atoms with van der Waals surface area (Å²) in [6, 6.07) is 0. The van der Waals surface area contributed by atoms with Crippen molar-refractivity contribution in [1.29, 1.82) is 0 Å². The minimum absolute atomic E-state index is 0.0680. The second-order valence-electron chi connectivity index (χ2n) is 8.47. The van der Waals surface area contributed by atoms with Gasteiger partial charge in [-0.05, 0) is 25.2 Å². The third-order valence-corrected chi connectivity index (χ3v) is 5.92. The first-order valence-electron chi connectivity index (χ1n) is 11.1. The molecule has 12 nitrogen and oxygen atoms in total. The second kappa shape index (κ2) is 9.00. The van der Waals surface area contributed by atoms with Gasteiger partial charge in [-0.2, -0.15) is 9.97 Å². The van der Waals surface area contributed by atoms with Crippen LogP contribution in [0.1, 0.15) is 52.7 Å². The maximum Gasteiger partial charge on any atom is 0.332 e. The standard InChI is InChI=1S/C21H29N5O7/c1-5-13(31-10(2)27)14-8-15(32-11(3)28)19(33-14)26-17-16(18(30-4)24-20(22)23-17)25(21(26)29)9-12-6-7-12/h12-15,19H,5-9H2,1-4H3,(H2,22,23,24)/t13-,14-,15+,19+/m0/s1. The highest BCUT2D eigenvalue weighted by Gasteiger charge is 2.45. The molecular weight excluding hydrogens is 434 g/mol. The minimum atomic E-state index is -0.988. The van der Waals surface area contributed by atoms with Crippen molar-refractivity contribution in [3.05, 3.63) is 10.5 Å². The zero-order valence-corrected chi connectivity index (χ0v) is 19.1. The molecule has 2 aliphatic rings. The van der Waals surface area contributed by atoms with Crippen LogP contribution in [0.2, 0.25) is 0 Å². The number of ether oxygens (including phenoxy) is 4. The van der Waals surface area contributed by atoms with E-state index < -0.39 is 42.2 Å². The lowest BCUT2D eigenvalue weighted by atomic mass is 10.1. The van der Waals surface area contributed by atoms with Crippen molar-refractivity contribution in [3.63, 3.8) is 0 Å². The number of nitrogens with two attached hydrogens (primary N) is 1. The molecule has 1 saturated heterocycles. The molecule has 2 aromatic heterocycles. The molecule has 0 unspecified atom stereocenters. The fourth-order valence-electron chi connectivity index (χ4n) is 4.35. The summed E-state index contributed by atoms with van der Waals surface area (Å²) in [5.74, 6) is -0.475. The van der Waals surface area contributed by atoms with Crippen molar-refractivity contribution >= 4 is 29.1 Å². The molecule has 0 amide bonds. The Labute approximate surface area is 190 Å². The third kappa shape index (κ3) is 4.52. The summed E-state index contributed by atoms with van der Waals surface area (Å²) in [5, 5.41) is 0. The molecule has 2 fully saturated rings. The number of esters is 2. The molecule has 2 aromatic rings. The molecule has 1 aliphatic carbocycles. The predicted molar refractivity (Wildman–Crippen MR) is 115 cm³/mol. The first-order chi connectivity index (χ1) is 15.7. The van der Waals surface area contributed by atoms with Crippen molar-refractivity contribution in [2.45, 2.75) is 77.5 Å². The Hall–Kier alpha value is -3.15. The van der Waals surface area contributed by atoms with Crippen molar-refractivity contribution in [3.8, 4) is 5.88 Å². The van der Waals surface area contributed by atoms with Crippen LogP contribution >= 0.6 is 0 Å². The summed E-state index contributed by atoms with van der Waals surface area (Å²) in [5.41, 5.74) is 6.14. The Morgan fingerprint density at radius 2 is 1.97 bits per heavy atom. The van der Waals surface area contributed by atoms with Crippen LogP contribution in [0.5, 0.6) is 5.88 Å². The van der Waals surface area contributed by atoms with E-state index in [1.165, 1.54) is 25.5 Å². The van der Waals surface area contributed by atoms with E-state index >= 15 is 0 Å². The van der Waals surface area contributed by atoms with Gasteiger partial charge in [0.1, 0.15) is 18.3 Å². The first-order valence-corrected chi connectivity index (χ1v) is 11.1. The summed E-state index contributed by atoms with van der Waals surface area (Å²) < 4.78 is 25.4. The van der Waals surface area contributed by atoms with E-state index in [1.807, 2.05) is 6.92 Å². The van der Waals surface area contributed by atoms with Gasteiger partial charge >= 0.3 is 17.6 Å². The molecule has 12 heteroatoms. The van der Waals surface area contributed by atoms with Crippen LogP contribution in [-0.4, -0.2) is 56.5 Å². The van der Waals surface area contributed by atoms with Crippen LogP contribution in [0, 0.1) is 5.92 Å². The van der Waals surface area contributed by atoms with E-state index in [-0.39, 0.29) is 23.9 Å². The maximum absolute atomic E-state index is 13.6. The summed E-state index contributed by atoms with van der Waals surface area (Å²) in [6.07, 6.45) is -0.139. The number of imidazole rings is 1. The summed E-state index contributed by atoms with van der Waals surface area (Å²) in [7, 11) is 1.44. The van der Waals surface area contributed by atoms with Crippen LogP contribution in [-0.2, 0) is 30.3 Å². The van der Waals surface area contributed by atoms with Crippen molar-refractivity contribution < 1.29 is 28.5 Å². The van der Waals surface area contributed by atoms with E-state index in [0.29, 0.717) is 24.4 Å². The number of nitrogen functional groups attached to an aromatic ring is 1. The van der Waals surface area contributed by atoms with E-state index in [2.05, 4.69) is 9.97 Å². The van der Waals surface area contributed by atoms with Crippen molar-refractivity contribution in [1.82, 2.24) is 19.1 Å². The topological polar surface area (TPSA) is 150 Å². The van der Waals surface area contributed by atoms with Crippen LogP contribution < -0.4 is 16.2 Å². The summed E-state index contributed by atoms with van der Waals surface area (Å²) in [6.45, 7) is 4.94. The van der Waals surface area contributed by atoms with Crippen molar-refractivity contribution in [2.75, 3.05) is 12.8 Å². The quantitative estimate of drug-likeness (QED) is 0.565. The molecule has 0 bridgehead atoms. The molecule has 0 spiro atoms. The Kier molecular flexibility index (Phi) is 6.28. The highest BCUT2D eigenvalue weighted by molar-refractivity contribution is 5.78. The fraction of sp³-hybridized carbons (Fsp3) is 0.667. The van der Waals surface area contributed by atoms with Gasteiger partial charge in [0.2, 0.25) is 11.8 Å². The highest BCUT2D eigenvalue weighted by atomic mass is 16.6. The van der Waals surface area contributed by atoms with Crippen LogP contribution in [0.25, 0.3) is 11.2 Å². The monoisotopic (exact) mass is 463 g/mol. The van der Waals surface area contributed by atoms with Gasteiger partial charge in [0, 0.05) is 26.8 Å². The molecule has 1 aliphatic heterocycles. The predicted octanol–water partition coefficient (Wildman–Crippen LogP) is 1.15. The molecule has 0 aromatic carbocycles. The number of fused-ring (bicyclic) bond motifs is 1. The van der Waals surface area contributed by atoms with Crippen molar-refractivity contribution in [2.24, 2.45) is 5.92 Å². The maximum atomic E-state index is 13.6. The first kappa shape index (κ1) is 23.0. The van der Waals surface area contributed by atoms with Gasteiger partial charge in [0.15, 0.2) is 17.4 Å². The lowest BCUT2D eigenvalue weighted by Gasteiger charge is -2.22. The molecule has 1 saturated carbocycles. The fourth-order valence-corrected chi connectivity index (χ4v) is 4.35. The smallest absolute Gasteiger partial charge is 0.332 e. The molecule has 3 heterocycles. The Morgan fingerprint density at radius 3 is 2.55 bits per heavy atom. The van der Waals surface area contributed by atoms with Gasteiger partial charge in [-0.15, -0.1) is 0 Å². The number of methoxy groups -OCH3 is 1. The number of anilines is 1. The highest BCUT2D eigenvalue weighted by Crippen LogP contribution is 2.38. The number of aromatic nitrogens is 4. The normalized spacial score (nSPS) is 23.5. The van der Waals surface area contributed by atoms with Crippen LogP contribution in [0.15, 0.2) is 4.79 Å². The largest absolute Gasteiger partial charge is 0.479 e. The zero-order chi connectivity index (χ0) is 23.9. The SMILES string of the molecule is CC[C@H](OC(C)=O)[C@@H]1C[C@@H](OC(C)=O)[C@H](n2c(=O)n(CC3CC3)c3c(OC)nc(N)nc32)O1. The zero-order valence-electron chi connectivity index (χ0n) is 19.1. The van der Waals surface area contributed by atoms with E-state index in [9.17, 15) is 14.4 Å². The summed E-state index contributed by atoms with van der Waals surface area (Å²) in [4.78, 5) is 45.5. The number of hydrogen-bond acceptors (Lipinski definition) is 10. The molecule has 4 atom stereocenters. The van der Waals surface area contributed by atoms with Gasteiger partial charge in [0.25, 0.3) is 0 Å². The van der Waals surface area contributed by atoms with Gasteiger partial charge in [0.05, 0.1) is 7.11 Å². The number of rotatable bonds is 8. The molecule has 33 heavy (non-hydrogen) atoms. The molecule has 0 radical (unpaired) electrons. The van der Waals surface area contributed by atoms with Crippen LogP contribution in [0.4, 0.5) is 5.95 Å². The van der Waals surface area contributed by atoms with Gasteiger partial charge in [-0.3, -0.25) is 14.2 Å². The Bertz CT molecular complexity index is 1120. The van der Waals surface area contributed by atoms with E-state index in [0.717, 1.165) is 12.8 Å². The third-order valence-electron chi connectivity index (χ3n) is 5.92. The van der Waals surface area contributed by atoms with E-state index in [4.69, 9.17) is 24.7 Å². The molecule has 180 valence electrons. The van der Waals surface area contributed by atoms with E-state index in [1.54, 1.807) is 4.57 Å². The number of hydrogen-bond donors (Lipinski definition) is 1. The Balaban J connectivity index is 1.83. The Morgan fingerprint density at radius 1 is 1.24 bits per heavy atom. The van der Waals surface area contributed by atoms with Gasteiger partial charge in [-0.25, -0.2) is 9.36 Å². The second-order valence-corrected chi connectivity index (χ2v) is 8.47. The lowest BCUT2D eigenvalue weighted by molar-refractivity contribution is -0.158. The lowest BCUT2D eigenvalue weighted by Crippen LogP contribution is -2.34. The number of nitrogens with zero attached hydrogens (tertiary/aromatic N) is 4. The average molecular weight is 463 g/mol. The molecule has 2 N–H and O–H groups in total. The number of carbonyl (C=O) groups excluding carboxylic acids is 2. The minimum Gasteiger partial charge on any atom is -0.479 e.